The Hall–Kier alpha value is -1.55. The molecular formula is C19H28NO3+. The van der Waals surface area contributed by atoms with Crippen molar-refractivity contribution in [2.24, 2.45) is 5.92 Å². The highest BCUT2D eigenvalue weighted by molar-refractivity contribution is 5.92. The lowest BCUT2D eigenvalue weighted by atomic mass is 9.82. The fourth-order valence-corrected chi connectivity index (χ4v) is 4.50. The number of nitrogens with zero attached hydrogens (tertiary/aromatic N) is 1. The van der Waals surface area contributed by atoms with Gasteiger partial charge >= 0.3 is 5.97 Å². The minimum Gasteiger partial charge on any atom is -0.496 e. The molecule has 23 heavy (non-hydrogen) atoms. The second kappa shape index (κ2) is 6.91. The maximum Gasteiger partial charge on any atom is 0.341 e. The number of ether oxygens (including phenoxy) is 2. The summed E-state index contributed by atoms with van der Waals surface area (Å²) in [6.07, 6.45) is 6.34. The third-order valence-corrected chi connectivity index (χ3v) is 5.76. The average molecular weight is 318 g/mol. The quantitative estimate of drug-likeness (QED) is 0.631. The second-order valence-corrected chi connectivity index (χ2v) is 7.19. The molecule has 3 rings (SSSR count). The molecule has 0 aromatic heterocycles. The molecule has 1 unspecified atom stereocenters. The van der Waals surface area contributed by atoms with Gasteiger partial charge in [-0.2, -0.15) is 0 Å². The lowest BCUT2D eigenvalue weighted by Crippen LogP contribution is -2.61. The first-order valence-electron chi connectivity index (χ1n) is 8.78. The highest BCUT2D eigenvalue weighted by Gasteiger charge is 2.43. The Morgan fingerprint density at radius 1 is 1.17 bits per heavy atom. The number of quaternary nitrogens is 1. The molecule has 2 heterocycles. The van der Waals surface area contributed by atoms with Gasteiger partial charge in [-0.15, -0.1) is 0 Å². The van der Waals surface area contributed by atoms with Crippen molar-refractivity contribution in [1.29, 1.82) is 0 Å². The van der Waals surface area contributed by atoms with E-state index in [4.69, 9.17) is 9.47 Å². The van der Waals surface area contributed by atoms with E-state index >= 15 is 0 Å². The Kier molecular flexibility index (Phi) is 4.90. The maximum absolute atomic E-state index is 12.4. The van der Waals surface area contributed by atoms with E-state index in [0.29, 0.717) is 29.9 Å². The van der Waals surface area contributed by atoms with E-state index in [2.05, 4.69) is 7.05 Å². The molecule has 0 N–H and O–H groups in total. The van der Waals surface area contributed by atoms with E-state index in [1.165, 1.54) is 49.7 Å². The molecule has 126 valence electrons. The lowest BCUT2D eigenvalue weighted by molar-refractivity contribution is -0.947. The first-order chi connectivity index (χ1) is 11.1. The number of carbonyl (C=O) groups is 1. The van der Waals surface area contributed by atoms with Crippen LogP contribution in [0.5, 0.6) is 5.75 Å². The first-order valence-corrected chi connectivity index (χ1v) is 8.78. The molecule has 4 heteroatoms. The van der Waals surface area contributed by atoms with Crippen LogP contribution in [0.3, 0.4) is 0 Å². The van der Waals surface area contributed by atoms with Crippen LogP contribution in [0.25, 0.3) is 0 Å². The summed E-state index contributed by atoms with van der Waals surface area (Å²) in [5.74, 6) is 0.810. The Bertz CT molecular complexity index is 555. The third-order valence-electron chi connectivity index (χ3n) is 5.76. The van der Waals surface area contributed by atoms with Crippen molar-refractivity contribution in [1.82, 2.24) is 0 Å². The van der Waals surface area contributed by atoms with E-state index in [0.717, 1.165) is 0 Å². The monoisotopic (exact) mass is 318 g/mol. The predicted octanol–water partition coefficient (Wildman–Crippen LogP) is 3.26. The Balaban J connectivity index is 1.64. The molecule has 4 nitrogen and oxygen atoms in total. The normalized spacial score (nSPS) is 30.3. The van der Waals surface area contributed by atoms with Gasteiger partial charge in [0.2, 0.25) is 0 Å². The standard InChI is InChI=1S/C19H28NO3/c1-20-12-6-5-10-17(20)15(8-7-13-20)14-23-19(21)16-9-3-4-11-18(16)22-2/h3-4,9,11,15,17H,5-8,10,12-14H2,1-2H3/q+1/t15-,17+,20?/m0/s1. The van der Waals surface area contributed by atoms with Crippen molar-refractivity contribution in [3.63, 3.8) is 0 Å². The SMILES string of the molecule is COc1ccccc1C(=O)OC[C@@H]1CCC[N+]2(C)CCCC[C@H]12. The van der Waals surface area contributed by atoms with Gasteiger partial charge < -0.3 is 14.0 Å². The van der Waals surface area contributed by atoms with Gasteiger partial charge in [0.1, 0.15) is 17.9 Å². The van der Waals surface area contributed by atoms with Gasteiger partial charge in [-0.3, -0.25) is 0 Å². The number of methoxy groups -OCH3 is 1. The topological polar surface area (TPSA) is 35.5 Å². The minimum atomic E-state index is -0.266. The minimum absolute atomic E-state index is 0.266. The number of rotatable bonds is 4. The summed E-state index contributed by atoms with van der Waals surface area (Å²) in [5, 5.41) is 0. The lowest BCUT2D eigenvalue weighted by Gasteiger charge is -2.51. The number of carbonyl (C=O) groups excluding carboxylic acids is 1. The highest BCUT2D eigenvalue weighted by Crippen LogP contribution is 2.36. The molecule has 0 radical (unpaired) electrons. The zero-order valence-electron chi connectivity index (χ0n) is 14.3. The van der Waals surface area contributed by atoms with E-state index in [1.807, 2.05) is 12.1 Å². The molecule has 2 fully saturated rings. The number of fused-ring (bicyclic) bond motifs is 1. The van der Waals surface area contributed by atoms with Gasteiger partial charge in [0.15, 0.2) is 0 Å². The summed E-state index contributed by atoms with van der Waals surface area (Å²) in [6, 6.07) is 7.92. The summed E-state index contributed by atoms with van der Waals surface area (Å²) in [5.41, 5.74) is 0.520. The van der Waals surface area contributed by atoms with Crippen molar-refractivity contribution in [3.05, 3.63) is 29.8 Å². The Morgan fingerprint density at radius 2 is 1.96 bits per heavy atom. The molecule has 2 saturated heterocycles. The van der Waals surface area contributed by atoms with Crippen LogP contribution in [0, 0.1) is 5.92 Å². The predicted molar refractivity (Wildman–Crippen MR) is 89.6 cm³/mol. The van der Waals surface area contributed by atoms with Crippen LogP contribution in [0.2, 0.25) is 0 Å². The van der Waals surface area contributed by atoms with E-state index in [-0.39, 0.29) is 5.97 Å². The molecular weight excluding hydrogens is 290 g/mol. The number of hydrogen-bond donors (Lipinski definition) is 0. The van der Waals surface area contributed by atoms with Crippen molar-refractivity contribution >= 4 is 5.97 Å². The zero-order valence-corrected chi connectivity index (χ0v) is 14.3. The Labute approximate surface area is 139 Å². The van der Waals surface area contributed by atoms with Crippen LogP contribution in [-0.2, 0) is 4.74 Å². The fraction of sp³-hybridized carbons (Fsp3) is 0.632. The molecule has 1 aromatic rings. The largest absolute Gasteiger partial charge is 0.496 e. The number of para-hydroxylation sites is 1. The number of benzene rings is 1. The molecule has 0 saturated carbocycles. The molecule has 0 amide bonds. The molecule has 0 spiro atoms. The van der Waals surface area contributed by atoms with Gasteiger partial charge in [-0.05, 0) is 37.8 Å². The second-order valence-electron chi connectivity index (χ2n) is 7.19. The highest BCUT2D eigenvalue weighted by atomic mass is 16.5. The molecule has 1 aromatic carbocycles. The van der Waals surface area contributed by atoms with Crippen LogP contribution in [-0.4, -0.2) is 50.3 Å². The third kappa shape index (κ3) is 3.37. The van der Waals surface area contributed by atoms with Crippen LogP contribution in [0.1, 0.15) is 42.5 Å². The first kappa shape index (κ1) is 16.3. The number of piperidine rings is 2. The van der Waals surface area contributed by atoms with E-state index in [1.54, 1.807) is 19.2 Å². The van der Waals surface area contributed by atoms with Crippen molar-refractivity contribution in [2.45, 2.75) is 38.1 Å². The van der Waals surface area contributed by atoms with Crippen LogP contribution >= 0.6 is 0 Å². The molecule has 0 aliphatic carbocycles. The van der Waals surface area contributed by atoms with Gasteiger partial charge in [0.05, 0.1) is 33.3 Å². The summed E-state index contributed by atoms with van der Waals surface area (Å²) in [6.45, 7) is 3.10. The summed E-state index contributed by atoms with van der Waals surface area (Å²) in [7, 11) is 3.97. The van der Waals surface area contributed by atoms with Gasteiger partial charge in [-0.1, -0.05) is 12.1 Å². The Morgan fingerprint density at radius 3 is 2.78 bits per heavy atom. The van der Waals surface area contributed by atoms with Gasteiger partial charge in [0.25, 0.3) is 0 Å². The van der Waals surface area contributed by atoms with Crippen molar-refractivity contribution in [2.75, 3.05) is 33.9 Å². The smallest absolute Gasteiger partial charge is 0.341 e. The van der Waals surface area contributed by atoms with E-state index < -0.39 is 0 Å². The zero-order chi connectivity index (χ0) is 16.3. The number of esters is 1. The van der Waals surface area contributed by atoms with Crippen LogP contribution < -0.4 is 4.74 Å². The van der Waals surface area contributed by atoms with Crippen molar-refractivity contribution in [3.8, 4) is 5.75 Å². The van der Waals surface area contributed by atoms with Gasteiger partial charge in [-0.25, -0.2) is 4.79 Å². The summed E-state index contributed by atoms with van der Waals surface area (Å²) < 4.78 is 12.1. The van der Waals surface area contributed by atoms with Crippen molar-refractivity contribution < 1.29 is 18.8 Å². The number of hydrogen-bond acceptors (Lipinski definition) is 3. The molecule has 3 atom stereocenters. The van der Waals surface area contributed by atoms with Crippen LogP contribution in [0.4, 0.5) is 0 Å². The van der Waals surface area contributed by atoms with Crippen LogP contribution in [0.15, 0.2) is 24.3 Å². The molecule has 2 aliphatic rings. The van der Waals surface area contributed by atoms with E-state index in [9.17, 15) is 4.79 Å². The fourth-order valence-electron chi connectivity index (χ4n) is 4.50. The average Bonchev–Trinajstić information content (AvgIpc) is 2.58. The van der Waals surface area contributed by atoms with Gasteiger partial charge in [0, 0.05) is 12.3 Å². The maximum atomic E-state index is 12.4. The summed E-state index contributed by atoms with van der Waals surface area (Å²) >= 11 is 0. The molecule has 2 aliphatic heterocycles. The summed E-state index contributed by atoms with van der Waals surface area (Å²) in [4.78, 5) is 12.4. The molecule has 0 bridgehead atoms.